The molecule has 2 aliphatic carbocycles. The van der Waals surface area contributed by atoms with Gasteiger partial charge in [-0.1, -0.05) is 18.2 Å². The molecule has 5 nitrogen and oxygen atoms in total. The summed E-state index contributed by atoms with van der Waals surface area (Å²) >= 11 is 0. The van der Waals surface area contributed by atoms with E-state index in [0.717, 1.165) is 43.4 Å². The zero-order valence-electron chi connectivity index (χ0n) is 13.0. The van der Waals surface area contributed by atoms with Crippen LogP contribution in [0.4, 0.5) is 0 Å². The van der Waals surface area contributed by atoms with Crippen LogP contribution in [0.3, 0.4) is 0 Å². The number of aliphatic carboxylic acids is 1. The summed E-state index contributed by atoms with van der Waals surface area (Å²) in [5, 5.41) is 12.2. The fourth-order valence-electron chi connectivity index (χ4n) is 4.29. The van der Waals surface area contributed by atoms with Crippen molar-refractivity contribution in [3.8, 4) is 5.75 Å². The van der Waals surface area contributed by atoms with Crippen molar-refractivity contribution in [2.24, 2.45) is 5.92 Å². The second kappa shape index (κ2) is 4.98. The van der Waals surface area contributed by atoms with Crippen LogP contribution in [0.25, 0.3) is 0 Å². The lowest BCUT2D eigenvalue weighted by molar-refractivity contribution is -0.140. The van der Waals surface area contributed by atoms with Crippen LogP contribution in [0.1, 0.15) is 44.1 Å². The summed E-state index contributed by atoms with van der Waals surface area (Å²) in [6.07, 6.45) is 4.24. The Morgan fingerprint density at radius 2 is 2.04 bits per heavy atom. The van der Waals surface area contributed by atoms with Crippen LogP contribution in [-0.4, -0.2) is 29.1 Å². The van der Waals surface area contributed by atoms with Crippen LogP contribution in [-0.2, 0) is 15.0 Å². The lowest BCUT2D eigenvalue weighted by Crippen LogP contribution is -2.55. The quantitative estimate of drug-likeness (QED) is 0.893. The highest BCUT2D eigenvalue weighted by molar-refractivity contribution is 5.86. The van der Waals surface area contributed by atoms with Gasteiger partial charge in [0.25, 0.3) is 0 Å². The molecule has 4 rings (SSSR count). The van der Waals surface area contributed by atoms with Crippen molar-refractivity contribution in [1.29, 1.82) is 0 Å². The molecule has 2 N–H and O–H groups in total. The van der Waals surface area contributed by atoms with Gasteiger partial charge in [-0.25, -0.2) is 0 Å². The number of amides is 1. The van der Waals surface area contributed by atoms with Crippen LogP contribution in [0.5, 0.6) is 5.75 Å². The van der Waals surface area contributed by atoms with Gasteiger partial charge in [0, 0.05) is 16.9 Å². The van der Waals surface area contributed by atoms with E-state index in [9.17, 15) is 9.59 Å². The number of fused-ring (bicyclic) bond motifs is 2. The number of hydrogen-bond acceptors (Lipinski definition) is 3. The third-order valence-corrected chi connectivity index (χ3v) is 5.81. The molecule has 0 radical (unpaired) electrons. The molecule has 5 heteroatoms. The Kier molecular flexibility index (Phi) is 3.15. The van der Waals surface area contributed by atoms with E-state index in [2.05, 4.69) is 11.4 Å². The van der Waals surface area contributed by atoms with Gasteiger partial charge in [-0.15, -0.1) is 0 Å². The summed E-state index contributed by atoms with van der Waals surface area (Å²) in [6, 6.07) is 7.95. The summed E-state index contributed by atoms with van der Waals surface area (Å²) in [5.74, 6) is 0.00587. The second-order valence-electron chi connectivity index (χ2n) is 7.20. The zero-order valence-corrected chi connectivity index (χ0v) is 13.0. The smallest absolute Gasteiger partial charge is 0.305 e. The van der Waals surface area contributed by atoms with Crippen LogP contribution >= 0.6 is 0 Å². The highest BCUT2D eigenvalue weighted by Crippen LogP contribution is 2.60. The Morgan fingerprint density at radius 1 is 1.26 bits per heavy atom. The van der Waals surface area contributed by atoms with Gasteiger partial charge >= 0.3 is 5.97 Å². The number of benzene rings is 1. The topological polar surface area (TPSA) is 75.6 Å². The number of carbonyl (C=O) groups is 2. The predicted octanol–water partition coefficient (Wildman–Crippen LogP) is 2.24. The summed E-state index contributed by atoms with van der Waals surface area (Å²) in [7, 11) is 0. The van der Waals surface area contributed by atoms with Crippen molar-refractivity contribution >= 4 is 11.9 Å². The second-order valence-corrected chi connectivity index (χ2v) is 7.20. The Labute approximate surface area is 135 Å². The molecular weight excluding hydrogens is 294 g/mol. The van der Waals surface area contributed by atoms with Gasteiger partial charge in [0.1, 0.15) is 5.75 Å². The average molecular weight is 315 g/mol. The molecule has 122 valence electrons. The molecule has 2 fully saturated rings. The molecular formula is C18H21NO4. The maximum atomic E-state index is 12.7. The van der Waals surface area contributed by atoms with Gasteiger partial charge in [-0.3, -0.25) is 9.59 Å². The van der Waals surface area contributed by atoms with E-state index in [0.29, 0.717) is 6.61 Å². The van der Waals surface area contributed by atoms with Crippen LogP contribution < -0.4 is 10.1 Å². The Balaban J connectivity index is 1.51. The Bertz CT molecular complexity index is 667. The van der Waals surface area contributed by atoms with Crippen LogP contribution in [0.2, 0.25) is 0 Å². The first-order valence-electron chi connectivity index (χ1n) is 8.31. The highest BCUT2D eigenvalue weighted by Gasteiger charge is 2.61. The molecule has 0 unspecified atom stereocenters. The lowest BCUT2D eigenvalue weighted by Gasteiger charge is -2.41. The first-order chi connectivity index (χ1) is 11.0. The largest absolute Gasteiger partial charge is 0.493 e. The number of carboxylic acid groups (broad SMARTS) is 1. The van der Waals surface area contributed by atoms with E-state index in [-0.39, 0.29) is 23.7 Å². The van der Waals surface area contributed by atoms with E-state index in [4.69, 9.17) is 9.84 Å². The number of carboxylic acids is 1. The number of para-hydroxylation sites is 1. The minimum Gasteiger partial charge on any atom is -0.493 e. The van der Waals surface area contributed by atoms with Crippen molar-refractivity contribution in [1.82, 2.24) is 5.32 Å². The summed E-state index contributed by atoms with van der Waals surface area (Å²) in [6.45, 7) is 0.640. The number of ether oxygens (including phenoxy) is 1. The summed E-state index contributed by atoms with van der Waals surface area (Å²) in [4.78, 5) is 23.8. The van der Waals surface area contributed by atoms with Gasteiger partial charge in [0.15, 0.2) is 0 Å². The maximum absolute atomic E-state index is 12.7. The fraction of sp³-hybridized carbons (Fsp3) is 0.556. The molecule has 1 amide bonds. The standard InChI is InChI=1S/C18H21NO4/c20-15(21)11-17(6-3-7-17)19-16(22)13-10-18(13)8-9-23-14-5-2-1-4-12(14)18/h1-2,4-5,13H,3,6-11H2,(H,19,22)(H,20,21)/t13-,18-/m0/s1. The van der Waals surface area contributed by atoms with Gasteiger partial charge in [-0.05, 0) is 38.2 Å². The summed E-state index contributed by atoms with van der Waals surface area (Å²) in [5.41, 5.74) is 0.511. The molecule has 1 aliphatic heterocycles. The predicted molar refractivity (Wildman–Crippen MR) is 83.3 cm³/mol. The minimum atomic E-state index is -0.841. The average Bonchev–Trinajstić information content (AvgIpc) is 3.20. The molecule has 0 bridgehead atoms. The highest BCUT2D eigenvalue weighted by atomic mass is 16.5. The van der Waals surface area contributed by atoms with Crippen molar-refractivity contribution in [3.05, 3.63) is 29.8 Å². The van der Waals surface area contributed by atoms with E-state index >= 15 is 0 Å². The molecule has 0 aromatic heterocycles. The minimum absolute atomic E-state index is 0.0163. The summed E-state index contributed by atoms with van der Waals surface area (Å²) < 4.78 is 5.70. The lowest BCUT2D eigenvalue weighted by atomic mass is 9.74. The number of nitrogens with one attached hydrogen (secondary N) is 1. The Morgan fingerprint density at radius 3 is 2.74 bits per heavy atom. The first-order valence-corrected chi connectivity index (χ1v) is 8.31. The monoisotopic (exact) mass is 315 g/mol. The third-order valence-electron chi connectivity index (χ3n) is 5.81. The van der Waals surface area contributed by atoms with E-state index in [1.807, 2.05) is 18.2 Å². The van der Waals surface area contributed by atoms with Crippen molar-refractivity contribution < 1.29 is 19.4 Å². The molecule has 2 saturated carbocycles. The van der Waals surface area contributed by atoms with Gasteiger partial charge in [0.05, 0.1) is 18.6 Å². The molecule has 23 heavy (non-hydrogen) atoms. The van der Waals surface area contributed by atoms with Crippen molar-refractivity contribution in [2.75, 3.05) is 6.61 Å². The molecule has 1 spiro atoms. The molecule has 1 aromatic carbocycles. The molecule has 1 aromatic rings. The molecule has 0 saturated heterocycles. The zero-order chi connectivity index (χ0) is 16.1. The Hall–Kier alpha value is -2.04. The molecule has 3 aliphatic rings. The molecule has 2 atom stereocenters. The van der Waals surface area contributed by atoms with E-state index in [1.54, 1.807) is 0 Å². The van der Waals surface area contributed by atoms with Gasteiger partial charge in [-0.2, -0.15) is 0 Å². The van der Waals surface area contributed by atoms with E-state index in [1.165, 1.54) is 0 Å². The van der Waals surface area contributed by atoms with E-state index < -0.39 is 11.5 Å². The molecule has 1 heterocycles. The SMILES string of the molecule is O=C(O)CC1(NC(=O)[C@@H]2C[C@]23CCOc2ccccc23)CCC1. The van der Waals surface area contributed by atoms with Crippen LogP contribution in [0, 0.1) is 5.92 Å². The normalized spacial score (nSPS) is 29.8. The number of rotatable bonds is 4. The third kappa shape index (κ3) is 2.30. The van der Waals surface area contributed by atoms with Crippen molar-refractivity contribution in [2.45, 2.75) is 49.5 Å². The fourth-order valence-corrected chi connectivity index (χ4v) is 4.29. The number of hydrogen-bond donors (Lipinski definition) is 2. The maximum Gasteiger partial charge on any atom is 0.305 e. The van der Waals surface area contributed by atoms with Crippen LogP contribution in [0.15, 0.2) is 24.3 Å². The van der Waals surface area contributed by atoms with Gasteiger partial charge < -0.3 is 15.2 Å². The first kappa shape index (κ1) is 14.5. The number of carbonyl (C=O) groups excluding carboxylic acids is 1. The van der Waals surface area contributed by atoms with Crippen molar-refractivity contribution in [3.63, 3.8) is 0 Å². The van der Waals surface area contributed by atoms with Gasteiger partial charge in [0.2, 0.25) is 5.91 Å².